The van der Waals surface area contributed by atoms with Crippen LogP contribution in [0.5, 0.6) is 0 Å². The Morgan fingerprint density at radius 2 is 0.794 bits per heavy atom. The number of phosphoric ester groups is 1. The lowest BCUT2D eigenvalue weighted by Gasteiger charge is -2.24. The van der Waals surface area contributed by atoms with Gasteiger partial charge in [-0.25, -0.2) is 4.57 Å². The van der Waals surface area contributed by atoms with Gasteiger partial charge in [0.2, 0.25) is 0 Å². The first-order valence-corrected chi connectivity index (χ1v) is 30.2. The summed E-state index contributed by atoms with van der Waals surface area (Å²) in [4.78, 5) is 35.6. The summed E-state index contributed by atoms with van der Waals surface area (Å²) in [7, 11) is 1.48. The molecule has 10 heteroatoms. The lowest BCUT2D eigenvalue weighted by atomic mass is 10.0. The summed E-state index contributed by atoms with van der Waals surface area (Å²) in [5.41, 5.74) is 0. The van der Waals surface area contributed by atoms with Crippen molar-refractivity contribution >= 4 is 19.8 Å². The zero-order valence-corrected chi connectivity index (χ0v) is 46.2. The lowest BCUT2D eigenvalue weighted by Crippen LogP contribution is -2.37. The maximum atomic E-state index is 12.8. The van der Waals surface area contributed by atoms with E-state index in [2.05, 4.69) is 50.3 Å². The summed E-state index contributed by atoms with van der Waals surface area (Å²) in [5, 5.41) is 0. The van der Waals surface area contributed by atoms with Crippen LogP contribution < -0.4 is 0 Å². The molecule has 0 heterocycles. The predicted molar refractivity (Wildman–Crippen MR) is 289 cm³/mol. The Morgan fingerprint density at radius 3 is 1.21 bits per heavy atom. The summed E-state index contributed by atoms with van der Waals surface area (Å²) in [6.07, 6.45) is 60.7. The fraction of sp³-hybridized carbons (Fsp3) is 0.862. The van der Waals surface area contributed by atoms with E-state index in [0.29, 0.717) is 17.4 Å². The van der Waals surface area contributed by atoms with Gasteiger partial charge >= 0.3 is 19.8 Å². The first-order valence-electron chi connectivity index (χ1n) is 28.7. The molecule has 0 aromatic rings. The summed E-state index contributed by atoms with van der Waals surface area (Å²) >= 11 is 0. The van der Waals surface area contributed by atoms with Crippen molar-refractivity contribution in [1.29, 1.82) is 0 Å². The minimum absolute atomic E-state index is 0.0310. The number of hydrogen-bond donors (Lipinski definition) is 1. The molecule has 0 spiro atoms. The van der Waals surface area contributed by atoms with Crippen LogP contribution in [0.25, 0.3) is 0 Å². The van der Waals surface area contributed by atoms with Gasteiger partial charge in [0.25, 0.3) is 0 Å². The molecule has 2 atom stereocenters. The van der Waals surface area contributed by atoms with Crippen molar-refractivity contribution in [2.45, 2.75) is 277 Å². The third-order valence-electron chi connectivity index (χ3n) is 12.6. The average molecular weight is 981 g/mol. The van der Waals surface area contributed by atoms with Crippen molar-refractivity contribution in [3.8, 4) is 0 Å². The molecule has 2 unspecified atom stereocenters. The van der Waals surface area contributed by atoms with Crippen LogP contribution in [0.1, 0.15) is 271 Å². The van der Waals surface area contributed by atoms with Crippen molar-refractivity contribution in [2.75, 3.05) is 47.5 Å². The van der Waals surface area contributed by atoms with E-state index in [0.717, 1.165) is 51.4 Å². The molecular weight excluding hydrogens is 870 g/mol. The number of hydrogen-bond acceptors (Lipinski definition) is 7. The average Bonchev–Trinajstić information content (AvgIpc) is 3.30. The Bertz CT molecular complexity index is 1250. The van der Waals surface area contributed by atoms with Crippen LogP contribution in [0, 0.1) is 0 Å². The number of unbranched alkanes of at least 4 members (excludes halogenated alkanes) is 33. The van der Waals surface area contributed by atoms with Gasteiger partial charge in [-0.2, -0.15) is 0 Å². The molecule has 68 heavy (non-hydrogen) atoms. The van der Waals surface area contributed by atoms with Crippen molar-refractivity contribution in [2.24, 2.45) is 0 Å². The molecule has 0 aliphatic carbocycles. The second-order valence-corrected chi connectivity index (χ2v) is 22.1. The highest BCUT2D eigenvalue weighted by atomic mass is 31.2. The van der Waals surface area contributed by atoms with E-state index in [1.54, 1.807) is 0 Å². The SMILES string of the molecule is CCCCC/C=C\C/C=C\CCCCCCCCCC(=O)OC(COC(=O)CCCCCCCCCCCCCCCCC/C=C\CCCCCCCCCC)COP(=O)(O)OCC[N+](C)(C)C. The van der Waals surface area contributed by atoms with Crippen LogP contribution in [0.4, 0.5) is 0 Å². The molecular formula is C58H111NO8P+. The van der Waals surface area contributed by atoms with Crippen LogP contribution >= 0.6 is 7.82 Å². The molecule has 400 valence electrons. The molecule has 0 amide bonds. The van der Waals surface area contributed by atoms with Gasteiger partial charge in [-0.05, 0) is 70.6 Å². The van der Waals surface area contributed by atoms with Crippen molar-refractivity contribution in [3.63, 3.8) is 0 Å². The van der Waals surface area contributed by atoms with E-state index >= 15 is 0 Å². The summed E-state index contributed by atoms with van der Waals surface area (Å²) in [6, 6.07) is 0. The number of nitrogens with zero attached hydrogens (tertiary/aromatic N) is 1. The maximum absolute atomic E-state index is 12.8. The van der Waals surface area contributed by atoms with Gasteiger partial charge in [-0.15, -0.1) is 0 Å². The molecule has 1 N–H and O–H groups in total. The normalized spacial score (nSPS) is 13.6. The zero-order chi connectivity index (χ0) is 49.9. The second-order valence-electron chi connectivity index (χ2n) is 20.7. The van der Waals surface area contributed by atoms with Crippen LogP contribution in [0.3, 0.4) is 0 Å². The number of carbonyl (C=O) groups is 2. The quantitative estimate of drug-likeness (QED) is 0.0211. The van der Waals surface area contributed by atoms with E-state index < -0.39 is 26.5 Å². The van der Waals surface area contributed by atoms with Crippen molar-refractivity contribution in [3.05, 3.63) is 36.5 Å². The fourth-order valence-electron chi connectivity index (χ4n) is 8.16. The van der Waals surface area contributed by atoms with Crippen LogP contribution in [-0.2, 0) is 32.7 Å². The summed E-state index contributed by atoms with van der Waals surface area (Å²) in [6.45, 7) is 4.43. The Labute approximate surface area is 421 Å². The van der Waals surface area contributed by atoms with Gasteiger partial charge in [-0.3, -0.25) is 18.6 Å². The predicted octanol–water partition coefficient (Wildman–Crippen LogP) is 17.6. The highest BCUT2D eigenvalue weighted by Crippen LogP contribution is 2.43. The van der Waals surface area contributed by atoms with E-state index in [1.807, 2.05) is 21.1 Å². The fourth-order valence-corrected chi connectivity index (χ4v) is 8.90. The highest BCUT2D eigenvalue weighted by Gasteiger charge is 2.27. The van der Waals surface area contributed by atoms with Gasteiger partial charge in [0.15, 0.2) is 6.10 Å². The second kappa shape index (κ2) is 50.2. The highest BCUT2D eigenvalue weighted by molar-refractivity contribution is 7.47. The number of phosphoric acid groups is 1. The molecule has 0 aliphatic rings. The Morgan fingerprint density at radius 1 is 0.456 bits per heavy atom. The third kappa shape index (κ3) is 53.6. The van der Waals surface area contributed by atoms with E-state index in [9.17, 15) is 19.0 Å². The number of esters is 2. The maximum Gasteiger partial charge on any atom is 0.472 e. The van der Waals surface area contributed by atoms with Gasteiger partial charge < -0.3 is 18.9 Å². The Kier molecular flexibility index (Phi) is 48.9. The van der Waals surface area contributed by atoms with Gasteiger partial charge in [0.05, 0.1) is 27.7 Å². The smallest absolute Gasteiger partial charge is 0.462 e. The lowest BCUT2D eigenvalue weighted by molar-refractivity contribution is -0.870. The number of rotatable bonds is 53. The van der Waals surface area contributed by atoms with Gasteiger partial charge in [-0.1, -0.05) is 224 Å². The van der Waals surface area contributed by atoms with Crippen molar-refractivity contribution in [1.82, 2.24) is 0 Å². The summed E-state index contributed by atoms with van der Waals surface area (Å²) in [5.74, 6) is -0.796. The third-order valence-corrected chi connectivity index (χ3v) is 13.6. The van der Waals surface area contributed by atoms with Gasteiger partial charge in [0.1, 0.15) is 19.8 Å². The monoisotopic (exact) mass is 981 g/mol. The molecule has 0 radical (unpaired) electrons. The molecule has 0 saturated heterocycles. The molecule has 0 bridgehead atoms. The van der Waals surface area contributed by atoms with E-state index in [4.69, 9.17) is 18.5 Å². The zero-order valence-electron chi connectivity index (χ0n) is 45.4. The first kappa shape index (κ1) is 66.2. The molecule has 0 fully saturated rings. The molecule has 0 aromatic heterocycles. The van der Waals surface area contributed by atoms with Crippen LogP contribution in [0.15, 0.2) is 36.5 Å². The molecule has 0 rings (SSSR count). The molecule has 0 aromatic carbocycles. The number of quaternary nitrogens is 1. The van der Waals surface area contributed by atoms with Crippen LogP contribution in [0.2, 0.25) is 0 Å². The first-order chi connectivity index (χ1) is 33.0. The van der Waals surface area contributed by atoms with E-state index in [-0.39, 0.29) is 32.0 Å². The van der Waals surface area contributed by atoms with Crippen LogP contribution in [-0.4, -0.2) is 74.9 Å². The molecule has 0 saturated carbocycles. The number of likely N-dealkylation sites (N-methyl/N-ethyl adjacent to an activating group) is 1. The Hall–Kier alpha value is -1.77. The topological polar surface area (TPSA) is 108 Å². The standard InChI is InChI=1S/C58H110NO8P/c1-6-8-10-12-14-16-18-20-22-24-25-26-27-28-29-30-31-32-33-35-36-38-40-42-44-46-48-50-57(60)64-54-56(55-66-68(62,63)65-53-52-59(3,4)5)67-58(61)51-49-47-45-43-41-39-37-34-23-21-19-17-15-13-11-9-7-2/h15,17,21,23-25,56H,6-14,16,18-20,22,26-55H2,1-5H3/p+1/b17-15-,23-21-,25-24-. The number of allylic oxidation sites excluding steroid dienone is 6. The Balaban J connectivity index is 4.11. The van der Waals surface area contributed by atoms with Crippen molar-refractivity contribution < 1.29 is 42.1 Å². The minimum atomic E-state index is -4.38. The molecule has 0 aliphatic heterocycles. The number of carbonyl (C=O) groups excluding carboxylic acids is 2. The largest absolute Gasteiger partial charge is 0.472 e. The molecule has 9 nitrogen and oxygen atoms in total. The summed E-state index contributed by atoms with van der Waals surface area (Å²) < 4.78 is 34.5. The number of ether oxygens (including phenoxy) is 2. The van der Waals surface area contributed by atoms with Gasteiger partial charge in [0, 0.05) is 12.8 Å². The van der Waals surface area contributed by atoms with E-state index in [1.165, 1.54) is 186 Å². The minimum Gasteiger partial charge on any atom is -0.462 e.